The molecule has 0 unspecified atom stereocenters. The Hall–Kier alpha value is -2.99. The molecule has 6 nitrogen and oxygen atoms in total. The van der Waals surface area contributed by atoms with Crippen molar-refractivity contribution in [2.75, 3.05) is 0 Å². The van der Waals surface area contributed by atoms with Gasteiger partial charge in [0.25, 0.3) is 5.56 Å². The lowest BCUT2D eigenvalue weighted by Gasteiger charge is -2.31. The number of rotatable bonds is 4. The van der Waals surface area contributed by atoms with Crippen molar-refractivity contribution in [2.24, 2.45) is 0 Å². The number of ether oxygens (including phenoxy) is 1. The SMILES string of the molecule is CCCCc1ccc2nc3c(cc2c1)Cn1c-3cc2c(c1=O)COC(=O)[C@]2(O)CC. The molecule has 1 N–H and O–H groups in total. The number of aromatic nitrogens is 2. The number of hydrogen-bond acceptors (Lipinski definition) is 5. The minimum atomic E-state index is -1.80. The van der Waals surface area contributed by atoms with E-state index < -0.39 is 11.6 Å². The van der Waals surface area contributed by atoms with Crippen LogP contribution in [0, 0.1) is 0 Å². The van der Waals surface area contributed by atoms with Crippen molar-refractivity contribution >= 4 is 16.9 Å². The highest BCUT2D eigenvalue weighted by Crippen LogP contribution is 2.38. The highest BCUT2D eigenvalue weighted by Gasteiger charge is 2.45. The van der Waals surface area contributed by atoms with Crippen LogP contribution < -0.4 is 5.56 Å². The summed E-state index contributed by atoms with van der Waals surface area (Å²) in [6, 6.07) is 10.2. The van der Waals surface area contributed by atoms with Crippen LogP contribution in [-0.2, 0) is 34.7 Å². The summed E-state index contributed by atoms with van der Waals surface area (Å²) >= 11 is 0. The van der Waals surface area contributed by atoms with Gasteiger partial charge in [0, 0.05) is 16.5 Å². The molecule has 2 aliphatic rings. The third-order valence-electron chi connectivity index (χ3n) is 6.39. The van der Waals surface area contributed by atoms with Crippen molar-refractivity contribution in [1.29, 1.82) is 0 Å². The molecular formula is C24H24N2O4. The molecule has 6 heteroatoms. The summed E-state index contributed by atoms with van der Waals surface area (Å²) in [5, 5.41) is 12.0. The topological polar surface area (TPSA) is 81.4 Å². The maximum Gasteiger partial charge on any atom is 0.343 e. The number of pyridine rings is 2. The van der Waals surface area contributed by atoms with E-state index in [1.54, 1.807) is 17.6 Å². The second-order valence-corrected chi connectivity index (χ2v) is 8.23. The lowest BCUT2D eigenvalue weighted by molar-refractivity contribution is -0.172. The van der Waals surface area contributed by atoms with Gasteiger partial charge < -0.3 is 14.4 Å². The summed E-state index contributed by atoms with van der Waals surface area (Å²) in [6.07, 6.45) is 3.48. The molecule has 30 heavy (non-hydrogen) atoms. The molecule has 4 heterocycles. The number of fused-ring (bicyclic) bond motifs is 5. The van der Waals surface area contributed by atoms with Crippen molar-refractivity contribution in [3.05, 3.63) is 62.9 Å². The molecule has 0 fully saturated rings. The first kappa shape index (κ1) is 19.0. The smallest absolute Gasteiger partial charge is 0.343 e. The molecule has 0 saturated heterocycles. The van der Waals surface area contributed by atoms with E-state index in [2.05, 4.69) is 25.1 Å². The van der Waals surface area contributed by atoms with Gasteiger partial charge in [-0.05, 0) is 49.1 Å². The summed E-state index contributed by atoms with van der Waals surface area (Å²) in [5.41, 5.74) is 3.19. The fourth-order valence-corrected chi connectivity index (χ4v) is 4.57. The quantitative estimate of drug-likeness (QED) is 0.527. The average Bonchev–Trinajstić information content (AvgIpc) is 3.11. The summed E-state index contributed by atoms with van der Waals surface area (Å²) < 4.78 is 6.79. The van der Waals surface area contributed by atoms with E-state index in [1.807, 2.05) is 6.07 Å². The fourth-order valence-electron chi connectivity index (χ4n) is 4.57. The van der Waals surface area contributed by atoms with Crippen LogP contribution in [0.5, 0.6) is 0 Å². The molecular weight excluding hydrogens is 380 g/mol. The van der Waals surface area contributed by atoms with Gasteiger partial charge >= 0.3 is 5.97 Å². The first-order valence-electron chi connectivity index (χ1n) is 10.6. The van der Waals surface area contributed by atoms with Crippen molar-refractivity contribution < 1.29 is 14.6 Å². The van der Waals surface area contributed by atoms with E-state index in [0.717, 1.165) is 41.4 Å². The number of unbranched alkanes of at least 4 members (excludes halogenated alkanes) is 1. The highest BCUT2D eigenvalue weighted by molar-refractivity contribution is 5.86. The zero-order chi connectivity index (χ0) is 21.0. The van der Waals surface area contributed by atoms with Crippen molar-refractivity contribution in [2.45, 2.75) is 58.3 Å². The van der Waals surface area contributed by atoms with Crippen molar-refractivity contribution in [3.63, 3.8) is 0 Å². The van der Waals surface area contributed by atoms with E-state index in [0.29, 0.717) is 23.4 Å². The Balaban J connectivity index is 1.67. The molecule has 0 bridgehead atoms. The Morgan fingerprint density at radius 3 is 2.80 bits per heavy atom. The van der Waals surface area contributed by atoms with E-state index in [1.165, 1.54) is 5.56 Å². The number of nitrogens with zero attached hydrogens (tertiary/aromatic N) is 2. The van der Waals surface area contributed by atoms with Gasteiger partial charge in [-0.1, -0.05) is 26.3 Å². The molecule has 0 aliphatic carbocycles. The maximum absolute atomic E-state index is 13.2. The van der Waals surface area contributed by atoms with Crippen LogP contribution in [0.15, 0.2) is 35.1 Å². The predicted octanol–water partition coefficient (Wildman–Crippen LogP) is 3.42. The summed E-state index contributed by atoms with van der Waals surface area (Å²) in [7, 11) is 0. The van der Waals surface area contributed by atoms with E-state index >= 15 is 0 Å². The Bertz CT molecular complexity index is 1260. The largest absolute Gasteiger partial charge is 0.458 e. The normalized spacial score (nSPS) is 19.4. The van der Waals surface area contributed by atoms with Gasteiger partial charge in [-0.15, -0.1) is 0 Å². The number of benzene rings is 1. The Labute approximate surface area is 174 Å². The molecule has 1 aromatic carbocycles. The van der Waals surface area contributed by atoms with Crippen LogP contribution in [0.3, 0.4) is 0 Å². The third-order valence-corrected chi connectivity index (χ3v) is 6.39. The molecule has 2 aromatic heterocycles. The zero-order valence-electron chi connectivity index (χ0n) is 17.2. The molecule has 0 radical (unpaired) electrons. The highest BCUT2D eigenvalue weighted by atomic mass is 16.6. The summed E-state index contributed by atoms with van der Waals surface area (Å²) in [5.74, 6) is -0.703. The number of cyclic esters (lactones) is 1. The molecule has 0 spiro atoms. The van der Waals surface area contributed by atoms with Gasteiger partial charge in [-0.2, -0.15) is 0 Å². The predicted molar refractivity (Wildman–Crippen MR) is 113 cm³/mol. The van der Waals surface area contributed by atoms with Crippen LogP contribution in [0.25, 0.3) is 22.3 Å². The van der Waals surface area contributed by atoms with Gasteiger partial charge in [0.1, 0.15) is 6.61 Å². The molecule has 5 rings (SSSR count). The second-order valence-electron chi connectivity index (χ2n) is 8.23. The van der Waals surface area contributed by atoms with Gasteiger partial charge in [0.2, 0.25) is 0 Å². The van der Waals surface area contributed by atoms with E-state index in [9.17, 15) is 14.7 Å². The van der Waals surface area contributed by atoms with Crippen LogP contribution >= 0.6 is 0 Å². The van der Waals surface area contributed by atoms with Crippen LogP contribution in [0.2, 0.25) is 0 Å². The van der Waals surface area contributed by atoms with E-state index in [-0.39, 0.29) is 18.6 Å². The lowest BCUT2D eigenvalue weighted by Crippen LogP contribution is -2.44. The Morgan fingerprint density at radius 1 is 1.20 bits per heavy atom. The number of carbonyl (C=O) groups excluding carboxylic acids is 1. The fraction of sp³-hybridized carbons (Fsp3) is 0.375. The van der Waals surface area contributed by atoms with Crippen LogP contribution in [0.4, 0.5) is 0 Å². The number of esters is 1. The van der Waals surface area contributed by atoms with E-state index in [4.69, 9.17) is 9.72 Å². The van der Waals surface area contributed by atoms with Gasteiger partial charge in [0.05, 0.1) is 29.0 Å². The van der Waals surface area contributed by atoms with Crippen LogP contribution in [-0.4, -0.2) is 20.6 Å². The van der Waals surface area contributed by atoms with Gasteiger partial charge in [0.15, 0.2) is 5.60 Å². The first-order chi connectivity index (χ1) is 14.5. The van der Waals surface area contributed by atoms with Gasteiger partial charge in [-0.25, -0.2) is 9.78 Å². The summed E-state index contributed by atoms with van der Waals surface area (Å²) in [4.78, 5) is 30.3. The first-order valence-corrected chi connectivity index (χ1v) is 10.6. The number of aryl methyl sites for hydroxylation is 1. The van der Waals surface area contributed by atoms with Crippen molar-refractivity contribution in [3.8, 4) is 11.4 Å². The number of hydrogen-bond donors (Lipinski definition) is 1. The summed E-state index contributed by atoms with van der Waals surface area (Å²) in [6.45, 7) is 4.21. The molecule has 2 aliphatic heterocycles. The average molecular weight is 404 g/mol. The Kier molecular flexibility index (Phi) is 4.29. The minimum absolute atomic E-state index is 0.109. The van der Waals surface area contributed by atoms with Crippen molar-refractivity contribution in [1.82, 2.24) is 9.55 Å². The number of carbonyl (C=O) groups is 1. The monoisotopic (exact) mass is 404 g/mol. The number of aliphatic hydroxyl groups is 1. The van der Waals surface area contributed by atoms with Crippen LogP contribution in [0.1, 0.15) is 55.4 Å². The third kappa shape index (κ3) is 2.63. The molecule has 0 amide bonds. The zero-order valence-corrected chi connectivity index (χ0v) is 17.2. The Morgan fingerprint density at radius 2 is 2.03 bits per heavy atom. The second kappa shape index (κ2) is 6.77. The molecule has 1 atom stereocenters. The molecule has 3 aromatic rings. The minimum Gasteiger partial charge on any atom is -0.458 e. The standard InChI is InChI=1S/C24H24N2O4/c1-3-5-6-14-7-8-19-15(9-14)10-16-12-26-20(21(16)25-19)11-18-17(22(26)27)13-30-23(28)24(18,29)4-2/h7-11,29H,3-6,12-13H2,1-2H3/t24-/m0/s1. The molecule has 154 valence electrons. The maximum atomic E-state index is 13.2. The van der Waals surface area contributed by atoms with Gasteiger partial charge in [-0.3, -0.25) is 4.79 Å². The lowest BCUT2D eigenvalue weighted by atomic mass is 9.86. The molecule has 0 saturated carbocycles.